The largest absolute Gasteiger partial charge is 0.373 e. The van der Waals surface area contributed by atoms with Crippen LogP contribution in [0.15, 0.2) is 17.1 Å². The smallest absolute Gasteiger partial charge is 0.266 e. The number of hydrogen-bond donors (Lipinski definition) is 2. The number of nitrogens with one attached hydrogen (secondary N) is 2. The number of carbonyl (C=O) groups is 2. The quantitative estimate of drug-likeness (QED) is 0.822. The van der Waals surface area contributed by atoms with Crippen LogP contribution in [0.4, 0.5) is 0 Å². The number of H-pyrrole nitrogens is 1. The molecule has 1 atom stereocenters. The highest BCUT2D eigenvalue weighted by atomic mass is 35.5. The van der Waals surface area contributed by atoms with Crippen molar-refractivity contribution in [1.29, 1.82) is 0 Å². The Balaban J connectivity index is 1.90. The summed E-state index contributed by atoms with van der Waals surface area (Å²) < 4.78 is 5.49. The predicted molar refractivity (Wildman–Crippen MR) is 76.4 cm³/mol. The topological polar surface area (TPSA) is 91.5 Å². The Kier molecular flexibility index (Phi) is 4.98. The third-order valence-electron chi connectivity index (χ3n) is 3.19. The van der Waals surface area contributed by atoms with Gasteiger partial charge in [-0.2, -0.15) is 0 Å². The van der Waals surface area contributed by atoms with E-state index in [9.17, 15) is 14.4 Å². The van der Waals surface area contributed by atoms with Crippen molar-refractivity contribution in [1.82, 2.24) is 15.2 Å². The number of rotatable bonds is 3. The first-order valence-electron chi connectivity index (χ1n) is 6.51. The van der Waals surface area contributed by atoms with E-state index in [0.29, 0.717) is 19.7 Å². The van der Waals surface area contributed by atoms with Crippen LogP contribution in [0.2, 0.25) is 5.02 Å². The fraction of sp³-hybridized carbons (Fsp3) is 0.462. The summed E-state index contributed by atoms with van der Waals surface area (Å²) in [4.78, 5) is 38.4. The number of morpholine rings is 1. The van der Waals surface area contributed by atoms with E-state index in [-0.39, 0.29) is 35.0 Å². The molecule has 2 amide bonds. The molecule has 2 N–H and O–H groups in total. The lowest BCUT2D eigenvalue weighted by Crippen LogP contribution is -2.49. The number of aromatic nitrogens is 1. The zero-order chi connectivity index (χ0) is 15.4. The second kappa shape index (κ2) is 6.73. The van der Waals surface area contributed by atoms with Gasteiger partial charge in [0.25, 0.3) is 11.5 Å². The van der Waals surface area contributed by atoms with E-state index < -0.39 is 5.56 Å². The lowest BCUT2D eigenvalue weighted by atomic mass is 10.2. The Labute approximate surface area is 126 Å². The van der Waals surface area contributed by atoms with Gasteiger partial charge in [0, 0.05) is 32.8 Å². The minimum absolute atomic E-state index is 0.0120. The molecule has 0 aliphatic carbocycles. The number of halogens is 1. The highest BCUT2D eigenvalue weighted by Crippen LogP contribution is 2.06. The molecule has 2 rings (SSSR count). The van der Waals surface area contributed by atoms with Crippen molar-refractivity contribution in [2.45, 2.75) is 13.0 Å². The van der Waals surface area contributed by atoms with Crippen LogP contribution in [0.3, 0.4) is 0 Å². The maximum absolute atomic E-state index is 11.9. The molecule has 7 nitrogen and oxygen atoms in total. The number of aromatic amines is 1. The van der Waals surface area contributed by atoms with Gasteiger partial charge in [0.15, 0.2) is 0 Å². The molecule has 0 bridgehead atoms. The van der Waals surface area contributed by atoms with E-state index in [2.05, 4.69) is 10.3 Å². The second-order valence-corrected chi connectivity index (χ2v) is 5.14. The van der Waals surface area contributed by atoms with Crippen molar-refractivity contribution < 1.29 is 14.3 Å². The first-order valence-corrected chi connectivity index (χ1v) is 6.88. The van der Waals surface area contributed by atoms with Crippen LogP contribution in [0, 0.1) is 0 Å². The molecule has 1 aromatic heterocycles. The van der Waals surface area contributed by atoms with E-state index in [1.165, 1.54) is 19.2 Å². The minimum Gasteiger partial charge on any atom is -0.373 e. The van der Waals surface area contributed by atoms with Gasteiger partial charge in [-0.25, -0.2) is 0 Å². The zero-order valence-electron chi connectivity index (χ0n) is 11.5. The molecule has 0 spiro atoms. The molecular weight excluding hydrogens is 298 g/mol. The minimum atomic E-state index is -0.444. The Bertz CT molecular complexity index is 601. The summed E-state index contributed by atoms with van der Waals surface area (Å²) >= 11 is 5.67. The number of nitrogens with zero attached hydrogens (tertiary/aromatic N) is 1. The van der Waals surface area contributed by atoms with Crippen LogP contribution in [0.25, 0.3) is 0 Å². The highest BCUT2D eigenvalue weighted by Gasteiger charge is 2.22. The fourth-order valence-corrected chi connectivity index (χ4v) is 2.20. The van der Waals surface area contributed by atoms with Crippen molar-refractivity contribution in [2.75, 3.05) is 26.2 Å². The van der Waals surface area contributed by atoms with Gasteiger partial charge in [-0.1, -0.05) is 11.6 Å². The fourth-order valence-electron chi connectivity index (χ4n) is 2.02. The normalized spacial score (nSPS) is 18.4. The molecule has 1 fully saturated rings. The van der Waals surface area contributed by atoms with Crippen molar-refractivity contribution in [3.8, 4) is 0 Å². The summed E-state index contributed by atoms with van der Waals surface area (Å²) in [5.74, 6) is -0.376. The van der Waals surface area contributed by atoms with Crippen LogP contribution < -0.4 is 10.9 Å². The van der Waals surface area contributed by atoms with Crippen LogP contribution in [-0.4, -0.2) is 54.0 Å². The summed E-state index contributed by atoms with van der Waals surface area (Å²) in [6.45, 7) is 3.24. The summed E-state index contributed by atoms with van der Waals surface area (Å²) in [5.41, 5.74) is -0.181. The van der Waals surface area contributed by atoms with Crippen LogP contribution in [-0.2, 0) is 9.53 Å². The number of ether oxygens (including phenoxy) is 1. The molecule has 1 saturated heterocycles. The molecule has 114 valence electrons. The van der Waals surface area contributed by atoms with E-state index in [1.54, 1.807) is 4.90 Å². The van der Waals surface area contributed by atoms with Gasteiger partial charge in [0.2, 0.25) is 5.91 Å². The third kappa shape index (κ3) is 4.05. The Morgan fingerprint density at radius 2 is 2.33 bits per heavy atom. The lowest BCUT2D eigenvalue weighted by molar-refractivity contribution is -0.136. The Morgan fingerprint density at radius 1 is 1.57 bits per heavy atom. The SMILES string of the molecule is CC(=O)N1CCO[C@H](CNC(=O)c2c[nH]c(=O)c(Cl)c2)C1. The molecule has 2 heterocycles. The number of amides is 2. The van der Waals surface area contributed by atoms with Crippen LogP contribution in [0.1, 0.15) is 17.3 Å². The van der Waals surface area contributed by atoms with E-state index in [1.807, 2.05) is 0 Å². The molecule has 0 unspecified atom stereocenters. The Hall–Kier alpha value is -1.86. The van der Waals surface area contributed by atoms with Gasteiger partial charge in [-0.05, 0) is 6.07 Å². The Morgan fingerprint density at radius 3 is 3.00 bits per heavy atom. The first-order chi connectivity index (χ1) is 9.97. The van der Waals surface area contributed by atoms with Crippen LogP contribution >= 0.6 is 11.6 Å². The van der Waals surface area contributed by atoms with Crippen molar-refractivity contribution in [3.05, 3.63) is 33.2 Å². The van der Waals surface area contributed by atoms with Crippen molar-refractivity contribution in [2.24, 2.45) is 0 Å². The molecule has 0 aromatic carbocycles. The third-order valence-corrected chi connectivity index (χ3v) is 3.48. The van der Waals surface area contributed by atoms with Crippen molar-refractivity contribution in [3.63, 3.8) is 0 Å². The van der Waals surface area contributed by atoms with Gasteiger partial charge in [-0.3, -0.25) is 14.4 Å². The molecule has 8 heteroatoms. The van der Waals surface area contributed by atoms with Gasteiger partial charge < -0.3 is 19.9 Å². The molecule has 21 heavy (non-hydrogen) atoms. The van der Waals surface area contributed by atoms with Crippen molar-refractivity contribution >= 4 is 23.4 Å². The highest BCUT2D eigenvalue weighted by molar-refractivity contribution is 6.30. The summed E-state index contributed by atoms with van der Waals surface area (Å²) in [5, 5.41) is 2.65. The maximum atomic E-state index is 11.9. The first kappa shape index (κ1) is 15.5. The summed E-state index contributed by atoms with van der Waals surface area (Å²) in [6, 6.07) is 1.30. The summed E-state index contributed by atoms with van der Waals surface area (Å²) in [6.07, 6.45) is 1.05. The maximum Gasteiger partial charge on any atom is 0.266 e. The lowest BCUT2D eigenvalue weighted by Gasteiger charge is -2.32. The summed E-state index contributed by atoms with van der Waals surface area (Å²) in [7, 11) is 0. The molecule has 1 aliphatic heterocycles. The number of carbonyl (C=O) groups excluding carboxylic acids is 2. The van der Waals surface area contributed by atoms with Gasteiger partial charge in [0.1, 0.15) is 5.02 Å². The van der Waals surface area contributed by atoms with Gasteiger partial charge in [0.05, 0.1) is 18.3 Å². The van der Waals surface area contributed by atoms with Gasteiger partial charge in [-0.15, -0.1) is 0 Å². The number of hydrogen-bond acceptors (Lipinski definition) is 4. The monoisotopic (exact) mass is 313 g/mol. The predicted octanol–water partition coefficient (Wildman–Crippen LogP) is 0.00540. The molecule has 1 aliphatic rings. The van der Waals surface area contributed by atoms with E-state index in [4.69, 9.17) is 16.3 Å². The average Bonchev–Trinajstić information content (AvgIpc) is 2.48. The molecule has 0 saturated carbocycles. The van der Waals surface area contributed by atoms with Crippen LogP contribution in [0.5, 0.6) is 0 Å². The van der Waals surface area contributed by atoms with Gasteiger partial charge >= 0.3 is 0 Å². The second-order valence-electron chi connectivity index (χ2n) is 4.73. The molecule has 0 radical (unpaired) electrons. The average molecular weight is 314 g/mol. The standard InChI is InChI=1S/C13H16ClN3O4/c1-8(18)17-2-3-21-10(7-17)6-16-12(19)9-4-11(14)13(20)15-5-9/h4-5,10H,2-3,6-7H2,1H3,(H,15,20)(H,16,19)/t10-/m1/s1. The number of pyridine rings is 1. The molecular formula is C13H16ClN3O4. The van der Waals surface area contributed by atoms with E-state index >= 15 is 0 Å². The van der Waals surface area contributed by atoms with E-state index in [0.717, 1.165) is 0 Å². The molecule has 1 aromatic rings. The zero-order valence-corrected chi connectivity index (χ0v) is 12.3.